The van der Waals surface area contributed by atoms with E-state index in [1.807, 2.05) is 19.1 Å². The summed E-state index contributed by atoms with van der Waals surface area (Å²) in [7, 11) is 3.33. The molecule has 0 aromatic carbocycles. The molecule has 2 aromatic heterocycles. The Labute approximate surface area is 99.2 Å². The maximum absolute atomic E-state index is 5.25. The SMILES string of the molecule is CN=C/C=C(\C)c1n[nH]c2ccnc(OC)c12. The molecule has 2 rings (SSSR count). The Bertz CT molecular complexity index is 583. The molecule has 0 fully saturated rings. The monoisotopic (exact) mass is 230 g/mol. The minimum atomic E-state index is 0.576. The summed E-state index contributed by atoms with van der Waals surface area (Å²) in [5.74, 6) is 0.576. The largest absolute Gasteiger partial charge is 0.480 e. The lowest BCUT2D eigenvalue weighted by Gasteiger charge is -2.01. The molecule has 5 nitrogen and oxygen atoms in total. The average Bonchev–Trinajstić information content (AvgIpc) is 2.79. The highest BCUT2D eigenvalue weighted by atomic mass is 16.5. The number of H-pyrrole nitrogens is 1. The van der Waals surface area contributed by atoms with Crippen molar-refractivity contribution in [3.63, 3.8) is 0 Å². The Morgan fingerprint density at radius 3 is 3.06 bits per heavy atom. The summed E-state index contributed by atoms with van der Waals surface area (Å²) in [5.41, 5.74) is 2.76. The molecule has 0 bridgehead atoms. The number of methoxy groups -OCH3 is 1. The van der Waals surface area contributed by atoms with Gasteiger partial charge < -0.3 is 4.74 Å². The van der Waals surface area contributed by atoms with E-state index in [1.165, 1.54) is 0 Å². The van der Waals surface area contributed by atoms with Gasteiger partial charge >= 0.3 is 0 Å². The van der Waals surface area contributed by atoms with E-state index in [2.05, 4.69) is 20.2 Å². The molecule has 0 atom stereocenters. The predicted octanol–water partition coefficient (Wildman–Crippen LogP) is 2.07. The molecule has 2 heterocycles. The maximum Gasteiger partial charge on any atom is 0.224 e. The van der Waals surface area contributed by atoms with Crippen LogP contribution in [0, 0.1) is 0 Å². The Kier molecular flexibility index (Phi) is 3.18. The van der Waals surface area contributed by atoms with Gasteiger partial charge in [-0.1, -0.05) is 0 Å². The van der Waals surface area contributed by atoms with Gasteiger partial charge in [0.25, 0.3) is 0 Å². The van der Waals surface area contributed by atoms with Crippen molar-refractivity contribution in [1.29, 1.82) is 0 Å². The number of pyridine rings is 1. The van der Waals surface area contributed by atoms with Crippen LogP contribution in [-0.4, -0.2) is 35.6 Å². The third kappa shape index (κ3) is 2.04. The summed E-state index contributed by atoms with van der Waals surface area (Å²) in [4.78, 5) is 8.10. The summed E-state index contributed by atoms with van der Waals surface area (Å²) in [6.07, 6.45) is 5.33. The fraction of sp³-hybridized carbons (Fsp3) is 0.250. The third-order valence-corrected chi connectivity index (χ3v) is 2.48. The first kappa shape index (κ1) is 11.3. The fourth-order valence-electron chi connectivity index (χ4n) is 1.64. The van der Waals surface area contributed by atoms with Crippen LogP contribution in [0.3, 0.4) is 0 Å². The lowest BCUT2D eigenvalue weighted by atomic mass is 10.1. The van der Waals surface area contributed by atoms with E-state index in [0.717, 1.165) is 22.2 Å². The van der Waals surface area contributed by atoms with Gasteiger partial charge in [0.05, 0.1) is 18.0 Å². The van der Waals surface area contributed by atoms with Crippen LogP contribution >= 0.6 is 0 Å². The molecule has 0 aliphatic heterocycles. The van der Waals surface area contributed by atoms with Crippen molar-refractivity contribution in [2.24, 2.45) is 4.99 Å². The van der Waals surface area contributed by atoms with Gasteiger partial charge in [-0.25, -0.2) is 4.98 Å². The number of allylic oxidation sites excluding steroid dienone is 2. The van der Waals surface area contributed by atoms with Gasteiger partial charge in [-0.3, -0.25) is 10.1 Å². The maximum atomic E-state index is 5.25. The topological polar surface area (TPSA) is 63.2 Å². The molecular weight excluding hydrogens is 216 g/mol. The number of fused-ring (bicyclic) bond motifs is 1. The first-order valence-electron chi connectivity index (χ1n) is 5.24. The quantitative estimate of drug-likeness (QED) is 0.821. The molecule has 5 heteroatoms. The van der Waals surface area contributed by atoms with Crippen molar-refractivity contribution < 1.29 is 4.74 Å². The van der Waals surface area contributed by atoms with Crippen molar-refractivity contribution in [2.45, 2.75) is 6.92 Å². The normalized spacial score (nSPS) is 12.5. The van der Waals surface area contributed by atoms with E-state index in [1.54, 1.807) is 26.6 Å². The second-order valence-electron chi connectivity index (χ2n) is 3.57. The molecule has 0 unspecified atom stereocenters. The van der Waals surface area contributed by atoms with E-state index in [-0.39, 0.29) is 0 Å². The van der Waals surface area contributed by atoms with Gasteiger partial charge in [0.1, 0.15) is 5.69 Å². The Balaban J connectivity index is 2.62. The van der Waals surface area contributed by atoms with Crippen LogP contribution in [0.15, 0.2) is 23.3 Å². The van der Waals surface area contributed by atoms with Gasteiger partial charge in [-0.05, 0) is 24.6 Å². The van der Waals surface area contributed by atoms with E-state index in [9.17, 15) is 0 Å². The molecule has 0 aliphatic carbocycles. The zero-order chi connectivity index (χ0) is 12.3. The lowest BCUT2D eigenvalue weighted by Crippen LogP contribution is -1.89. The van der Waals surface area contributed by atoms with Crippen molar-refractivity contribution in [2.75, 3.05) is 14.2 Å². The number of aromatic amines is 1. The number of ether oxygens (including phenoxy) is 1. The smallest absolute Gasteiger partial charge is 0.224 e. The van der Waals surface area contributed by atoms with Gasteiger partial charge in [-0.15, -0.1) is 0 Å². The average molecular weight is 230 g/mol. The molecule has 0 spiro atoms. The number of nitrogens with zero attached hydrogens (tertiary/aromatic N) is 3. The molecule has 0 saturated carbocycles. The third-order valence-electron chi connectivity index (χ3n) is 2.48. The van der Waals surface area contributed by atoms with Crippen LogP contribution in [0.5, 0.6) is 5.88 Å². The molecule has 0 saturated heterocycles. The summed E-state index contributed by atoms with van der Waals surface area (Å²) in [6.45, 7) is 1.98. The van der Waals surface area contributed by atoms with Crippen LogP contribution in [0.2, 0.25) is 0 Å². The highest BCUT2D eigenvalue weighted by molar-refractivity contribution is 5.96. The number of nitrogens with one attached hydrogen (secondary N) is 1. The standard InChI is InChI=1S/C12H14N4O/c1-8(4-6-13-2)11-10-9(15-16-11)5-7-14-12(10)17-3/h4-7H,1-3H3,(H,15,16)/b8-4+,13-6?. The zero-order valence-corrected chi connectivity index (χ0v) is 10.1. The summed E-state index contributed by atoms with van der Waals surface area (Å²) in [5, 5.41) is 8.14. The van der Waals surface area contributed by atoms with Crippen LogP contribution < -0.4 is 4.74 Å². The van der Waals surface area contributed by atoms with Gasteiger partial charge in [0.15, 0.2) is 0 Å². The molecule has 1 N–H and O–H groups in total. The highest BCUT2D eigenvalue weighted by Gasteiger charge is 2.12. The molecule has 0 amide bonds. The molecule has 88 valence electrons. The lowest BCUT2D eigenvalue weighted by molar-refractivity contribution is 0.403. The minimum absolute atomic E-state index is 0.576. The van der Waals surface area contributed by atoms with E-state index >= 15 is 0 Å². The van der Waals surface area contributed by atoms with Crippen LogP contribution in [0.25, 0.3) is 16.5 Å². The highest BCUT2D eigenvalue weighted by Crippen LogP contribution is 2.28. The molecule has 2 aromatic rings. The van der Waals surface area contributed by atoms with E-state index in [4.69, 9.17) is 4.74 Å². The van der Waals surface area contributed by atoms with Crippen molar-refractivity contribution in [3.05, 3.63) is 24.0 Å². The number of hydrogen-bond donors (Lipinski definition) is 1. The predicted molar refractivity (Wildman–Crippen MR) is 68.5 cm³/mol. The number of rotatable bonds is 3. The van der Waals surface area contributed by atoms with Crippen molar-refractivity contribution in [3.8, 4) is 5.88 Å². The van der Waals surface area contributed by atoms with Gasteiger partial charge in [-0.2, -0.15) is 5.10 Å². The Morgan fingerprint density at radius 1 is 1.53 bits per heavy atom. The van der Waals surface area contributed by atoms with Crippen molar-refractivity contribution in [1.82, 2.24) is 15.2 Å². The number of hydrogen-bond acceptors (Lipinski definition) is 4. The van der Waals surface area contributed by atoms with Crippen LogP contribution in [-0.2, 0) is 0 Å². The molecule has 0 radical (unpaired) electrons. The first-order valence-corrected chi connectivity index (χ1v) is 5.24. The molecule has 17 heavy (non-hydrogen) atoms. The fourth-order valence-corrected chi connectivity index (χ4v) is 1.64. The number of aliphatic imine (C=N–C) groups is 1. The minimum Gasteiger partial charge on any atom is -0.480 e. The number of aromatic nitrogens is 3. The van der Waals surface area contributed by atoms with Crippen LogP contribution in [0.4, 0.5) is 0 Å². The molecular formula is C12H14N4O. The second-order valence-corrected chi connectivity index (χ2v) is 3.57. The molecule has 0 aliphatic rings. The van der Waals surface area contributed by atoms with Gasteiger partial charge in [0.2, 0.25) is 5.88 Å². The van der Waals surface area contributed by atoms with Crippen molar-refractivity contribution >= 4 is 22.7 Å². The summed E-state index contributed by atoms with van der Waals surface area (Å²) in [6, 6.07) is 1.87. The zero-order valence-electron chi connectivity index (χ0n) is 10.1. The Morgan fingerprint density at radius 2 is 2.35 bits per heavy atom. The van der Waals surface area contributed by atoms with Crippen LogP contribution in [0.1, 0.15) is 12.6 Å². The van der Waals surface area contributed by atoms with E-state index < -0.39 is 0 Å². The second kappa shape index (κ2) is 4.78. The summed E-state index contributed by atoms with van der Waals surface area (Å²) >= 11 is 0. The summed E-state index contributed by atoms with van der Waals surface area (Å²) < 4.78 is 5.25. The van der Waals surface area contributed by atoms with E-state index in [0.29, 0.717) is 5.88 Å². The van der Waals surface area contributed by atoms with Gasteiger partial charge in [0, 0.05) is 19.5 Å². The Hall–Kier alpha value is -2.17. The first-order chi connectivity index (χ1) is 8.27.